The summed E-state index contributed by atoms with van der Waals surface area (Å²) < 4.78 is 5.11. The summed E-state index contributed by atoms with van der Waals surface area (Å²) in [7, 11) is 1.45. The molecule has 27 heavy (non-hydrogen) atoms. The lowest BCUT2D eigenvalue weighted by molar-refractivity contribution is 0.104. The predicted molar refractivity (Wildman–Crippen MR) is 110 cm³/mol. The number of methoxy groups -OCH3 is 1. The minimum Gasteiger partial charge on any atom is -0.504 e. The molecule has 0 spiro atoms. The minimum atomic E-state index is -0.166. The van der Waals surface area contributed by atoms with Crippen LogP contribution in [0.25, 0.3) is 5.57 Å². The summed E-state index contributed by atoms with van der Waals surface area (Å²) in [5.41, 5.74) is 5.08. The number of carbonyl (C=O) groups excluding carboxylic acids is 1. The van der Waals surface area contributed by atoms with Gasteiger partial charge in [-0.15, -0.1) is 0 Å². The molecule has 3 aromatic carbocycles. The fourth-order valence-corrected chi connectivity index (χ4v) is 3.68. The molecule has 0 unspecified atom stereocenters. The number of carbonyl (C=O) groups is 1. The van der Waals surface area contributed by atoms with Crippen LogP contribution in [0.2, 0.25) is 0 Å². The van der Waals surface area contributed by atoms with Crippen molar-refractivity contribution >= 4 is 28.4 Å². The van der Waals surface area contributed by atoms with Crippen molar-refractivity contribution in [1.29, 1.82) is 0 Å². The van der Waals surface area contributed by atoms with Gasteiger partial charge in [0.1, 0.15) is 0 Å². The monoisotopic (exact) mass is 372 g/mol. The van der Waals surface area contributed by atoms with Crippen LogP contribution in [0.15, 0.2) is 72.8 Å². The van der Waals surface area contributed by atoms with E-state index in [2.05, 4.69) is 0 Å². The van der Waals surface area contributed by atoms with Crippen LogP contribution in [0.3, 0.4) is 0 Å². The molecule has 0 amide bonds. The number of hydrogen-bond acceptors (Lipinski definition) is 4. The Hall–Kier alpha value is -3.24. The number of aromatic hydroxyl groups is 1. The summed E-state index contributed by atoms with van der Waals surface area (Å²) in [6.45, 7) is 0. The van der Waals surface area contributed by atoms with Crippen molar-refractivity contribution in [3.63, 3.8) is 0 Å². The van der Waals surface area contributed by atoms with Crippen molar-refractivity contribution in [2.75, 3.05) is 7.11 Å². The quantitative estimate of drug-likeness (QED) is 0.319. The first-order valence-corrected chi connectivity index (χ1v) is 8.87. The van der Waals surface area contributed by atoms with E-state index in [1.165, 1.54) is 13.2 Å². The van der Waals surface area contributed by atoms with Crippen LogP contribution in [0.5, 0.6) is 11.5 Å². The molecule has 3 aromatic rings. The average molecular weight is 372 g/mol. The Morgan fingerprint density at radius 3 is 2.04 bits per heavy atom. The van der Waals surface area contributed by atoms with Gasteiger partial charge in [0, 0.05) is 16.7 Å². The number of thiocarbonyl (C=S) groups is 1. The molecule has 1 aliphatic carbocycles. The number of fused-ring (bicyclic) bond motifs is 2. The third kappa shape index (κ3) is 2.94. The van der Waals surface area contributed by atoms with E-state index < -0.39 is 0 Å². The highest BCUT2D eigenvalue weighted by Gasteiger charge is 2.24. The van der Waals surface area contributed by atoms with Crippen LogP contribution in [-0.4, -0.2) is 22.9 Å². The van der Waals surface area contributed by atoms with Crippen LogP contribution in [-0.2, 0) is 0 Å². The Balaban J connectivity index is 1.87. The first-order chi connectivity index (χ1) is 13.1. The molecule has 3 nitrogen and oxygen atoms in total. The largest absolute Gasteiger partial charge is 0.504 e. The van der Waals surface area contributed by atoms with E-state index in [0.717, 1.165) is 32.7 Å². The standard InChI is InChI=1S/C23H16O3S/c1-26-22-12-14(10-11-20(22)24)21(25)13-19-15-6-2-4-8-17(15)23(27)18-9-5-3-7-16(18)19/h2-13,24H,1H3. The Bertz CT molecular complexity index is 1060. The normalized spacial score (nSPS) is 12.2. The summed E-state index contributed by atoms with van der Waals surface area (Å²) in [5, 5.41) is 9.76. The highest BCUT2D eigenvalue weighted by atomic mass is 32.1. The van der Waals surface area contributed by atoms with Crippen LogP contribution < -0.4 is 4.74 Å². The predicted octanol–water partition coefficient (Wildman–Crippen LogP) is 4.80. The summed E-state index contributed by atoms with van der Waals surface area (Å²) in [6.07, 6.45) is 1.63. The van der Waals surface area contributed by atoms with Crippen molar-refractivity contribution in [2.45, 2.75) is 0 Å². The molecule has 0 atom stereocenters. The van der Waals surface area contributed by atoms with Gasteiger partial charge in [-0.3, -0.25) is 4.79 Å². The van der Waals surface area contributed by atoms with Crippen LogP contribution in [0.4, 0.5) is 0 Å². The fourth-order valence-electron chi connectivity index (χ4n) is 3.32. The SMILES string of the molecule is COc1cc(C(=O)C=C2c3ccccc3C(=S)c3ccccc32)ccc1O. The Labute approximate surface area is 162 Å². The number of rotatable bonds is 3. The van der Waals surface area contributed by atoms with Crippen molar-refractivity contribution in [3.8, 4) is 11.5 Å². The van der Waals surface area contributed by atoms with Gasteiger partial charge in [-0.2, -0.15) is 0 Å². The molecule has 0 aliphatic heterocycles. The second kappa shape index (κ2) is 6.82. The van der Waals surface area contributed by atoms with Gasteiger partial charge in [-0.1, -0.05) is 60.7 Å². The van der Waals surface area contributed by atoms with Crippen molar-refractivity contribution in [2.24, 2.45) is 0 Å². The summed E-state index contributed by atoms with van der Waals surface area (Å²) in [5.74, 6) is 0.103. The number of benzene rings is 3. The van der Waals surface area contributed by atoms with E-state index in [-0.39, 0.29) is 17.3 Å². The lowest BCUT2D eigenvalue weighted by Crippen LogP contribution is -2.14. The summed E-state index contributed by atoms with van der Waals surface area (Å²) in [4.78, 5) is 13.7. The van der Waals surface area contributed by atoms with E-state index in [1.54, 1.807) is 18.2 Å². The van der Waals surface area contributed by atoms with E-state index >= 15 is 0 Å². The second-order valence-electron chi connectivity index (χ2n) is 6.23. The van der Waals surface area contributed by atoms with Gasteiger partial charge < -0.3 is 9.84 Å². The number of phenols is 1. The van der Waals surface area contributed by atoms with Crippen LogP contribution >= 0.6 is 12.2 Å². The molecule has 4 rings (SSSR count). The highest BCUT2D eigenvalue weighted by molar-refractivity contribution is 7.81. The molecule has 1 N–H and O–H groups in total. The van der Waals surface area contributed by atoms with Crippen molar-refractivity contribution in [3.05, 3.63) is 101 Å². The summed E-state index contributed by atoms with van der Waals surface area (Å²) >= 11 is 5.67. The molecule has 0 saturated heterocycles. The molecule has 0 saturated carbocycles. The zero-order valence-corrected chi connectivity index (χ0v) is 15.4. The lowest BCUT2D eigenvalue weighted by Gasteiger charge is -2.23. The molecular formula is C23H16O3S. The zero-order chi connectivity index (χ0) is 19.0. The molecule has 1 aliphatic rings. The van der Waals surface area contributed by atoms with Gasteiger partial charge >= 0.3 is 0 Å². The number of hydrogen-bond donors (Lipinski definition) is 1. The highest BCUT2D eigenvalue weighted by Crippen LogP contribution is 2.36. The van der Waals surface area contributed by atoms with E-state index in [0.29, 0.717) is 5.56 Å². The maximum atomic E-state index is 12.9. The third-order valence-corrected chi connectivity index (χ3v) is 5.10. The van der Waals surface area contributed by atoms with Crippen molar-refractivity contribution < 1.29 is 14.6 Å². The van der Waals surface area contributed by atoms with Crippen LogP contribution in [0.1, 0.15) is 32.6 Å². The Morgan fingerprint density at radius 2 is 1.48 bits per heavy atom. The molecule has 0 fully saturated rings. The van der Waals surface area contributed by atoms with E-state index in [1.807, 2.05) is 48.5 Å². The third-order valence-electron chi connectivity index (χ3n) is 4.66. The Kier molecular flexibility index (Phi) is 4.34. The van der Waals surface area contributed by atoms with E-state index in [9.17, 15) is 9.90 Å². The average Bonchev–Trinajstić information content (AvgIpc) is 2.71. The fraction of sp³-hybridized carbons (Fsp3) is 0.0435. The second-order valence-corrected chi connectivity index (χ2v) is 6.64. The van der Waals surface area contributed by atoms with Gasteiger partial charge in [0.2, 0.25) is 0 Å². The maximum Gasteiger partial charge on any atom is 0.186 e. The van der Waals surface area contributed by atoms with Gasteiger partial charge in [0.15, 0.2) is 17.3 Å². The lowest BCUT2D eigenvalue weighted by atomic mass is 9.81. The molecular weight excluding hydrogens is 356 g/mol. The van der Waals surface area contributed by atoms with E-state index in [4.69, 9.17) is 17.0 Å². The topological polar surface area (TPSA) is 46.5 Å². The number of phenolic OH excluding ortho intramolecular Hbond substituents is 1. The first kappa shape index (κ1) is 17.2. The summed E-state index contributed by atoms with van der Waals surface area (Å²) in [6, 6.07) is 20.3. The number of ketones is 1. The minimum absolute atomic E-state index is 0.000379. The smallest absolute Gasteiger partial charge is 0.186 e. The first-order valence-electron chi connectivity index (χ1n) is 8.46. The molecule has 0 heterocycles. The molecule has 0 radical (unpaired) electrons. The Morgan fingerprint density at radius 1 is 0.926 bits per heavy atom. The maximum absolute atomic E-state index is 12.9. The van der Waals surface area contributed by atoms with Gasteiger partial charge in [0.25, 0.3) is 0 Å². The van der Waals surface area contributed by atoms with Crippen molar-refractivity contribution in [1.82, 2.24) is 0 Å². The van der Waals surface area contributed by atoms with Gasteiger partial charge in [-0.05, 0) is 41.0 Å². The molecule has 4 heteroatoms. The van der Waals surface area contributed by atoms with Crippen LogP contribution in [0, 0.1) is 0 Å². The molecule has 132 valence electrons. The molecule has 0 bridgehead atoms. The number of allylic oxidation sites excluding steroid dienone is 1. The number of ether oxygens (including phenoxy) is 1. The molecule has 0 aromatic heterocycles. The zero-order valence-electron chi connectivity index (χ0n) is 14.6. The van der Waals surface area contributed by atoms with Gasteiger partial charge in [0.05, 0.1) is 12.0 Å². The van der Waals surface area contributed by atoms with Gasteiger partial charge in [-0.25, -0.2) is 0 Å².